The Morgan fingerprint density at radius 2 is 1.94 bits per heavy atom. The highest BCUT2D eigenvalue weighted by atomic mass is 16.5. The van der Waals surface area contributed by atoms with Gasteiger partial charge in [-0.25, -0.2) is 4.79 Å². The van der Waals surface area contributed by atoms with Crippen LogP contribution in [0, 0.1) is 5.92 Å². The number of carbonyl (C=O) groups excluding carboxylic acids is 2. The molecule has 5 heteroatoms. The molecule has 0 saturated carbocycles. The van der Waals surface area contributed by atoms with Crippen LogP contribution in [0.4, 0.5) is 0 Å². The highest BCUT2D eigenvalue weighted by Crippen LogP contribution is 2.20. The molecule has 1 rings (SSSR count). The molecule has 1 saturated heterocycles. The van der Waals surface area contributed by atoms with E-state index in [0.29, 0.717) is 19.0 Å². The van der Waals surface area contributed by atoms with Gasteiger partial charge in [0.2, 0.25) is 0 Å². The summed E-state index contributed by atoms with van der Waals surface area (Å²) in [4.78, 5) is 24.9. The summed E-state index contributed by atoms with van der Waals surface area (Å²) < 4.78 is 4.75. The summed E-state index contributed by atoms with van der Waals surface area (Å²) in [6.07, 6.45) is 3.14. The lowest BCUT2D eigenvalue weighted by molar-refractivity contribution is -0.151. The molecule has 0 bridgehead atoms. The third-order valence-electron chi connectivity index (χ3n) is 3.31. The molecule has 1 heterocycles. The van der Waals surface area contributed by atoms with Crippen LogP contribution in [-0.4, -0.2) is 42.5 Å². The first-order chi connectivity index (χ1) is 8.10. The van der Waals surface area contributed by atoms with E-state index < -0.39 is 12.0 Å². The standard InChI is InChI=1S/C12H22N2O3/c1-3-9-5-7-14(8-6-9)11(15)10(13)12(16)17-4-2/h9-10H,3-8,13H2,1-2H3. The molecule has 0 radical (unpaired) electrons. The predicted molar refractivity (Wildman–Crippen MR) is 64.2 cm³/mol. The van der Waals surface area contributed by atoms with Gasteiger partial charge in [0.25, 0.3) is 5.91 Å². The van der Waals surface area contributed by atoms with Crippen LogP contribution in [0.3, 0.4) is 0 Å². The fourth-order valence-electron chi connectivity index (χ4n) is 2.09. The SMILES string of the molecule is CCOC(=O)C(N)C(=O)N1CCC(CC)CC1. The molecule has 1 atom stereocenters. The Labute approximate surface area is 102 Å². The maximum atomic E-state index is 11.9. The van der Waals surface area contributed by atoms with Crippen molar-refractivity contribution >= 4 is 11.9 Å². The lowest BCUT2D eigenvalue weighted by atomic mass is 9.94. The number of hydrogen-bond acceptors (Lipinski definition) is 4. The van der Waals surface area contributed by atoms with Crippen LogP contribution in [0.1, 0.15) is 33.1 Å². The fourth-order valence-corrected chi connectivity index (χ4v) is 2.09. The quantitative estimate of drug-likeness (QED) is 0.576. The Morgan fingerprint density at radius 1 is 1.35 bits per heavy atom. The normalized spacial score (nSPS) is 18.9. The molecule has 0 aromatic heterocycles. The number of rotatable bonds is 4. The molecule has 0 aliphatic carbocycles. The van der Waals surface area contributed by atoms with Crippen LogP contribution in [0.15, 0.2) is 0 Å². The number of carbonyl (C=O) groups is 2. The van der Waals surface area contributed by atoms with Crippen LogP contribution in [0.5, 0.6) is 0 Å². The molecule has 1 aliphatic rings. The lowest BCUT2D eigenvalue weighted by Crippen LogP contribution is -2.51. The van der Waals surface area contributed by atoms with Crippen molar-refractivity contribution in [1.82, 2.24) is 4.90 Å². The van der Waals surface area contributed by atoms with E-state index in [1.807, 2.05) is 0 Å². The molecule has 1 fully saturated rings. The van der Waals surface area contributed by atoms with Gasteiger partial charge in [-0.2, -0.15) is 0 Å². The van der Waals surface area contributed by atoms with Crippen molar-refractivity contribution < 1.29 is 14.3 Å². The topological polar surface area (TPSA) is 72.6 Å². The van der Waals surface area contributed by atoms with Crippen molar-refractivity contribution in [3.63, 3.8) is 0 Å². The van der Waals surface area contributed by atoms with E-state index >= 15 is 0 Å². The largest absolute Gasteiger partial charge is 0.464 e. The van der Waals surface area contributed by atoms with Crippen molar-refractivity contribution in [2.45, 2.75) is 39.2 Å². The number of esters is 1. The van der Waals surface area contributed by atoms with Crippen LogP contribution in [-0.2, 0) is 14.3 Å². The van der Waals surface area contributed by atoms with E-state index in [0.717, 1.165) is 19.3 Å². The molecule has 0 spiro atoms. The lowest BCUT2D eigenvalue weighted by Gasteiger charge is -2.32. The van der Waals surface area contributed by atoms with Gasteiger partial charge in [0.05, 0.1) is 6.61 Å². The third-order valence-corrected chi connectivity index (χ3v) is 3.31. The summed E-state index contributed by atoms with van der Waals surface area (Å²) in [5.41, 5.74) is 5.58. The number of likely N-dealkylation sites (tertiary alicyclic amines) is 1. The van der Waals surface area contributed by atoms with E-state index in [2.05, 4.69) is 6.92 Å². The van der Waals surface area contributed by atoms with Crippen molar-refractivity contribution in [3.8, 4) is 0 Å². The minimum Gasteiger partial charge on any atom is -0.464 e. The highest BCUT2D eigenvalue weighted by molar-refractivity contribution is 6.01. The average Bonchev–Trinajstić information content (AvgIpc) is 2.37. The number of amides is 1. The maximum Gasteiger partial charge on any atom is 0.332 e. The van der Waals surface area contributed by atoms with Gasteiger partial charge in [0.1, 0.15) is 0 Å². The van der Waals surface area contributed by atoms with Crippen molar-refractivity contribution in [2.24, 2.45) is 11.7 Å². The van der Waals surface area contributed by atoms with E-state index in [1.165, 1.54) is 0 Å². The van der Waals surface area contributed by atoms with Crippen LogP contribution >= 0.6 is 0 Å². The van der Waals surface area contributed by atoms with Gasteiger partial charge >= 0.3 is 5.97 Å². The fraction of sp³-hybridized carbons (Fsp3) is 0.833. The smallest absolute Gasteiger partial charge is 0.332 e. The van der Waals surface area contributed by atoms with Gasteiger partial charge < -0.3 is 15.4 Å². The first-order valence-corrected chi connectivity index (χ1v) is 6.31. The highest BCUT2D eigenvalue weighted by Gasteiger charge is 2.30. The van der Waals surface area contributed by atoms with Crippen LogP contribution in [0.25, 0.3) is 0 Å². The summed E-state index contributed by atoms with van der Waals surface area (Å²) in [6, 6.07) is -1.16. The zero-order valence-electron chi connectivity index (χ0n) is 10.6. The Hall–Kier alpha value is -1.10. The Kier molecular flexibility index (Phi) is 5.41. The van der Waals surface area contributed by atoms with Gasteiger partial charge in [-0.15, -0.1) is 0 Å². The number of nitrogens with two attached hydrogens (primary N) is 1. The number of nitrogens with zero attached hydrogens (tertiary/aromatic N) is 1. The molecule has 1 aliphatic heterocycles. The van der Waals surface area contributed by atoms with Crippen LogP contribution in [0.2, 0.25) is 0 Å². The number of ether oxygens (including phenoxy) is 1. The van der Waals surface area contributed by atoms with E-state index in [1.54, 1.807) is 11.8 Å². The zero-order chi connectivity index (χ0) is 12.8. The summed E-state index contributed by atoms with van der Waals surface area (Å²) in [5, 5.41) is 0. The molecule has 0 aromatic rings. The molecule has 1 amide bonds. The van der Waals surface area contributed by atoms with Crippen LogP contribution < -0.4 is 5.73 Å². The number of piperidine rings is 1. The van der Waals surface area contributed by atoms with Gasteiger partial charge in [-0.05, 0) is 25.7 Å². The van der Waals surface area contributed by atoms with Crippen molar-refractivity contribution in [1.29, 1.82) is 0 Å². The van der Waals surface area contributed by atoms with E-state index in [4.69, 9.17) is 10.5 Å². The first kappa shape index (κ1) is 14.0. The maximum absolute atomic E-state index is 11.9. The summed E-state index contributed by atoms with van der Waals surface area (Å²) in [6.45, 7) is 5.50. The molecular weight excluding hydrogens is 220 g/mol. The molecule has 0 aromatic carbocycles. The van der Waals surface area contributed by atoms with E-state index in [-0.39, 0.29) is 12.5 Å². The van der Waals surface area contributed by atoms with Crippen molar-refractivity contribution in [2.75, 3.05) is 19.7 Å². The minimum absolute atomic E-state index is 0.248. The predicted octanol–water partition coefficient (Wildman–Crippen LogP) is 0.525. The Balaban J connectivity index is 2.45. The monoisotopic (exact) mass is 242 g/mol. The number of hydrogen-bond donors (Lipinski definition) is 1. The summed E-state index contributed by atoms with van der Waals surface area (Å²) in [7, 11) is 0. The van der Waals surface area contributed by atoms with Gasteiger partial charge in [0.15, 0.2) is 6.04 Å². The van der Waals surface area contributed by atoms with E-state index in [9.17, 15) is 9.59 Å². The molecule has 5 nitrogen and oxygen atoms in total. The second-order valence-electron chi connectivity index (χ2n) is 4.41. The second kappa shape index (κ2) is 6.59. The zero-order valence-corrected chi connectivity index (χ0v) is 10.6. The van der Waals surface area contributed by atoms with Gasteiger partial charge in [-0.1, -0.05) is 13.3 Å². The second-order valence-corrected chi connectivity index (χ2v) is 4.41. The van der Waals surface area contributed by atoms with Gasteiger partial charge in [-0.3, -0.25) is 4.79 Å². The van der Waals surface area contributed by atoms with Gasteiger partial charge in [0, 0.05) is 13.1 Å². The molecule has 1 unspecified atom stereocenters. The van der Waals surface area contributed by atoms with Crippen molar-refractivity contribution in [3.05, 3.63) is 0 Å². The first-order valence-electron chi connectivity index (χ1n) is 6.31. The molecule has 2 N–H and O–H groups in total. The third kappa shape index (κ3) is 3.70. The Morgan fingerprint density at radius 3 is 2.41 bits per heavy atom. The minimum atomic E-state index is -1.16. The molecular formula is C12H22N2O3. The summed E-state index contributed by atoms with van der Waals surface area (Å²) in [5.74, 6) is -0.244. The average molecular weight is 242 g/mol. The molecule has 98 valence electrons. The molecule has 17 heavy (non-hydrogen) atoms. The summed E-state index contributed by atoms with van der Waals surface area (Å²) >= 11 is 0. The Bertz CT molecular complexity index is 273.